The van der Waals surface area contributed by atoms with Crippen molar-refractivity contribution in [3.63, 3.8) is 0 Å². The fourth-order valence-electron chi connectivity index (χ4n) is 2.56. The summed E-state index contributed by atoms with van der Waals surface area (Å²) in [4.78, 5) is 12.0. The summed E-state index contributed by atoms with van der Waals surface area (Å²) in [5, 5.41) is 3.01. The number of hydrogen-bond acceptors (Lipinski definition) is 1. The number of carbonyl (C=O) groups is 1. The van der Waals surface area contributed by atoms with Crippen molar-refractivity contribution in [1.82, 2.24) is 5.32 Å². The first-order chi connectivity index (χ1) is 7.63. The van der Waals surface area contributed by atoms with Crippen molar-refractivity contribution in [3.05, 3.63) is 12.7 Å². The van der Waals surface area contributed by atoms with Crippen molar-refractivity contribution in [3.8, 4) is 0 Å². The van der Waals surface area contributed by atoms with Crippen LogP contribution in [0.1, 0.15) is 52.4 Å². The zero-order valence-electron chi connectivity index (χ0n) is 10.7. The Bertz CT molecular complexity index is 229. The molecule has 1 atom stereocenters. The molecule has 2 nitrogen and oxygen atoms in total. The molecular weight excluding hydrogens is 198 g/mol. The molecule has 0 aromatic carbocycles. The summed E-state index contributed by atoms with van der Waals surface area (Å²) in [6.45, 7) is 7.78. The lowest BCUT2D eigenvalue weighted by Crippen LogP contribution is -2.36. The van der Waals surface area contributed by atoms with Gasteiger partial charge in [0.05, 0.1) is 0 Å². The van der Waals surface area contributed by atoms with E-state index < -0.39 is 0 Å². The highest BCUT2D eigenvalue weighted by Gasteiger charge is 2.24. The van der Waals surface area contributed by atoms with Crippen LogP contribution in [0.3, 0.4) is 0 Å². The molecule has 1 aliphatic rings. The van der Waals surface area contributed by atoms with E-state index in [1.165, 1.54) is 25.7 Å². The van der Waals surface area contributed by atoms with E-state index in [1.807, 2.05) is 19.9 Å². The minimum absolute atomic E-state index is 0.142. The van der Waals surface area contributed by atoms with Gasteiger partial charge in [-0.1, -0.05) is 31.8 Å². The highest BCUT2D eigenvalue weighted by molar-refractivity contribution is 5.79. The molecule has 0 aromatic rings. The van der Waals surface area contributed by atoms with Gasteiger partial charge >= 0.3 is 0 Å². The highest BCUT2D eigenvalue weighted by atomic mass is 16.1. The molecule has 1 aliphatic carbocycles. The fraction of sp³-hybridized carbons (Fsp3) is 0.786. The molecule has 1 rings (SSSR count). The van der Waals surface area contributed by atoms with Gasteiger partial charge in [0.1, 0.15) is 0 Å². The fourth-order valence-corrected chi connectivity index (χ4v) is 2.56. The third-order valence-corrected chi connectivity index (χ3v) is 3.35. The molecule has 1 fully saturated rings. The SMILES string of the molecule is C=CCC(CC1CCCC1)C(=O)NC(C)C. The molecular formula is C14H25NO. The minimum atomic E-state index is 0.142. The average Bonchev–Trinajstić information content (AvgIpc) is 2.68. The van der Waals surface area contributed by atoms with Crippen molar-refractivity contribution in [2.45, 2.75) is 58.4 Å². The summed E-state index contributed by atoms with van der Waals surface area (Å²) in [7, 11) is 0. The molecule has 16 heavy (non-hydrogen) atoms. The van der Waals surface area contributed by atoms with Crippen LogP contribution < -0.4 is 5.32 Å². The molecule has 1 unspecified atom stereocenters. The Morgan fingerprint density at radius 2 is 2.06 bits per heavy atom. The van der Waals surface area contributed by atoms with Gasteiger partial charge in [0.25, 0.3) is 0 Å². The second kappa shape index (κ2) is 6.72. The van der Waals surface area contributed by atoms with E-state index in [4.69, 9.17) is 0 Å². The Hall–Kier alpha value is -0.790. The maximum Gasteiger partial charge on any atom is 0.223 e. The van der Waals surface area contributed by atoms with Gasteiger partial charge in [0, 0.05) is 12.0 Å². The Morgan fingerprint density at radius 1 is 1.44 bits per heavy atom. The van der Waals surface area contributed by atoms with Gasteiger partial charge in [-0.2, -0.15) is 0 Å². The van der Waals surface area contributed by atoms with Gasteiger partial charge in [-0.05, 0) is 32.6 Å². The summed E-state index contributed by atoms with van der Waals surface area (Å²) in [5.74, 6) is 1.12. The van der Waals surface area contributed by atoms with Crippen molar-refractivity contribution in [2.24, 2.45) is 11.8 Å². The van der Waals surface area contributed by atoms with Crippen LogP contribution in [0.15, 0.2) is 12.7 Å². The van der Waals surface area contributed by atoms with E-state index >= 15 is 0 Å². The van der Waals surface area contributed by atoms with Crippen LogP contribution in [0.25, 0.3) is 0 Å². The number of hydrogen-bond donors (Lipinski definition) is 1. The molecule has 0 aliphatic heterocycles. The van der Waals surface area contributed by atoms with Crippen LogP contribution in [-0.2, 0) is 4.79 Å². The number of nitrogens with one attached hydrogen (secondary N) is 1. The van der Waals surface area contributed by atoms with Gasteiger partial charge < -0.3 is 5.32 Å². The van der Waals surface area contributed by atoms with E-state index in [1.54, 1.807) is 0 Å². The average molecular weight is 223 g/mol. The van der Waals surface area contributed by atoms with Crippen LogP contribution >= 0.6 is 0 Å². The van der Waals surface area contributed by atoms with Crippen molar-refractivity contribution < 1.29 is 4.79 Å². The third-order valence-electron chi connectivity index (χ3n) is 3.35. The smallest absolute Gasteiger partial charge is 0.223 e. The lowest BCUT2D eigenvalue weighted by atomic mass is 9.90. The molecule has 92 valence electrons. The summed E-state index contributed by atoms with van der Waals surface area (Å²) in [6.07, 6.45) is 9.04. The summed E-state index contributed by atoms with van der Waals surface area (Å²) < 4.78 is 0. The molecule has 0 spiro atoms. The predicted octanol–water partition coefficient (Wildman–Crippen LogP) is 3.28. The van der Waals surface area contributed by atoms with Crippen molar-refractivity contribution in [1.29, 1.82) is 0 Å². The van der Waals surface area contributed by atoms with E-state index in [9.17, 15) is 4.79 Å². The summed E-state index contributed by atoms with van der Waals surface area (Å²) in [5.41, 5.74) is 0. The highest BCUT2D eigenvalue weighted by Crippen LogP contribution is 2.31. The first kappa shape index (κ1) is 13.3. The Labute approximate surface area is 99.5 Å². The standard InChI is InChI=1S/C14H25NO/c1-4-7-13(14(16)15-11(2)3)10-12-8-5-6-9-12/h4,11-13H,1,5-10H2,2-3H3,(H,15,16). The van der Waals surface area contributed by atoms with Crippen molar-refractivity contribution >= 4 is 5.91 Å². The zero-order valence-corrected chi connectivity index (χ0v) is 10.7. The monoisotopic (exact) mass is 223 g/mol. The Kier molecular flexibility index (Phi) is 5.58. The quantitative estimate of drug-likeness (QED) is 0.688. The van der Waals surface area contributed by atoms with Crippen LogP contribution in [0.4, 0.5) is 0 Å². The van der Waals surface area contributed by atoms with Crippen LogP contribution in [0.5, 0.6) is 0 Å². The summed E-state index contributed by atoms with van der Waals surface area (Å²) >= 11 is 0. The lowest BCUT2D eigenvalue weighted by Gasteiger charge is -2.20. The molecule has 0 aromatic heterocycles. The van der Waals surface area contributed by atoms with Crippen LogP contribution in [0.2, 0.25) is 0 Å². The number of rotatable bonds is 6. The molecule has 0 heterocycles. The number of carbonyl (C=O) groups excluding carboxylic acids is 1. The molecule has 1 saturated carbocycles. The van der Waals surface area contributed by atoms with Gasteiger partial charge in [-0.25, -0.2) is 0 Å². The third kappa shape index (κ3) is 4.38. The second-order valence-corrected chi connectivity index (χ2v) is 5.27. The van der Waals surface area contributed by atoms with E-state index in [2.05, 4.69) is 11.9 Å². The van der Waals surface area contributed by atoms with Crippen LogP contribution in [-0.4, -0.2) is 11.9 Å². The molecule has 2 heteroatoms. The predicted molar refractivity (Wildman–Crippen MR) is 68.2 cm³/mol. The van der Waals surface area contributed by atoms with Gasteiger partial charge in [-0.15, -0.1) is 6.58 Å². The first-order valence-electron chi connectivity index (χ1n) is 6.54. The summed E-state index contributed by atoms with van der Waals surface area (Å²) in [6, 6.07) is 0.239. The maximum atomic E-state index is 12.0. The maximum absolute atomic E-state index is 12.0. The van der Waals surface area contributed by atoms with Crippen molar-refractivity contribution in [2.75, 3.05) is 0 Å². The number of amides is 1. The van der Waals surface area contributed by atoms with Crippen LogP contribution in [0, 0.1) is 11.8 Å². The topological polar surface area (TPSA) is 29.1 Å². The Balaban J connectivity index is 2.44. The molecule has 0 bridgehead atoms. The Morgan fingerprint density at radius 3 is 2.56 bits per heavy atom. The van der Waals surface area contributed by atoms with E-state index in [-0.39, 0.29) is 17.9 Å². The first-order valence-corrected chi connectivity index (χ1v) is 6.54. The molecule has 1 N–H and O–H groups in total. The molecule has 1 amide bonds. The van der Waals surface area contributed by atoms with Gasteiger partial charge in [0.2, 0.25) is 5.91 Å². The molecule has 0 saturated heterocycles. The van der Waals surface area contributed by atoms with E-state index in [0.29, 0.717) is 0 Å². The second-order valence-electron chi connectivity index (χ2n) is 5.27. The van der Waals surface area contributed by atoms with Gasteiger partial charge in [-0.3, -0.25) is 4.79 Å². The normalized spacial score (nSPS) is 18.7. The lowest BCUT2D eigenvalue weighted by molar-refractivity contribution is -0.126. The largest absolute Gasteiger partial charge is 0.354 e. The minimum Gasteiger partial charge on any atom is -0.354 e. The molecule has 0 radical (unpaired) electrons. The zero-order chi connectivity index (χ0) is 12.0. The van der Waals surface area contributed by atoms with E-state index in [0.717, 1.165) is 18.8 Å². The number of allylic oxidation sites excluding steroid dienone is 1. The van der Waals surface area contributed by atoms with Gasteiger partial charge in [0.15, 0.2) is 0 Å².